The SMILES string of the molecule is C#CCn1c(=NC(=O)c2cnn(-c3ccccc3)c2C)sc2cc(S(N)(=O)=O)ccc21. The predicted molar refractivity (Wildman–Crippen MR) is 118 cm³/mol. The molecule has 0 radical (unpaired) electrons. The summed E-state index contributed by atoms with van der Waals surface area (Å²) in [6.07, 6.45) is 6.97. The number of hydrogen-bond acceptors (Lipinski definition) is 5. The van der Waals surface area contributed by atoms with Crippen molar-refractivity contribution in [2.45, 2.75) is 18.4 Å². The van der Waals surface area contributed by atoms with Gasteiger partial charge in [-0.05, 0) is 37.3 Å². The van der Waals surface area contributed by atoms with Gasteiger partial charge in [-0.1, -0.05) is 35.5 Å². The second-order valence-electron chi connectivity index (χ2n) is 6.66. The van der Waals surface area contributed by atoms with Crippen LogP contribution in [0.4, 0.5) is 0 Å². The average Bonchev–Trinajstić information content (AvgIpc) is 3.28. The van der Waals surface area contributed by atoms with Crippen LogP contribution in [0.25, 0.3) is 15.9 Å². The maximum Gasteiger partial charge on any atom is 0.283 e. The first-order chi connectivity index (χ1) is 14.8. The summed E-state index contributed by atoms with van der Waals surface area (Å²) in [7, 11) is -3.86. The van der Waals surface area contributed by atoms with E-state index >= 15 is 0 Å². The average molecular weight is 452 g/mol. The first-order valence-electron chi connectivity index (χ1n) is 9.08. The number of terminal acetylenes is 1. The van der Waals surface area contributed by atoms with Crippen molar-refractivity contribution >= 4 is 37.5 Å². The van der Waals surface area contributed by atoms with Crippen LogP contribution in [0.5, 0.6) is 0 Å². The fourth-order valence-corrected chi connectivity index (χ4v) is 4.84. The maximum absolute atomic E-state index is 12.9. The maximum atomic E-state index is 12.9. The van der Waals surface area contributed by atoms with E-state index in [0.29, 0.717) is 26.3 Å². The van der Waals surface area contributed by atoms with Crippen LogP contribution in [0.2, 0.25) is 0 Å². The second kappa shape index (κ2) is 7.96. The smallest absolute Gasteiger partial charge is 0.283 e. The number of nitrogens with two attached hydrogens (primary N) is 1. The van der Waals surface area contributed by atoms with Crippen molar-refractivity contribution in [1.29, 1.82) is 0 Å². The van der Waals surface area contributed by atoms with E-state index in [4.69, 9.17) is 11.6 Å². The third-order valence-corrected chi connectivity index (χ3v) is 6.62. The molecule has 2 aromatic heterocycles. The van der Waals surface area contributed by atoms with Crippen LogP contribution >= 0.6 is 11.3 Å². The van der Waals surface area contributed by atoms with E-state index in [1.807, 2.05) is 30.3 Å². The minimum atomic E-state index is -3.86. The normalized spacial score (nSPS) is 12.2. The molecular weight excluding hydrogens is 434 g/mol. The van der Waals surface area contributed by atoms with Crippen LogP contribution in [0.15, 0.2) is 64.6 Å². The third-order valence-electron chi connectivity index (χ3n) is 4.67. The topological polar surface area (TPSA) is 112 Å². The Kier molecular flexibility index (Phi) is 5.32. The lowest BCUT2D eigenvalue weighted by molar-refractivity contribution is 0.0997. The molecule has 1 amide bonds. The Balaban J connectivity index is 1.82. The lowest BCUT2D eigenvalue weighted by atomic mass is 10.2. The van der Waals surface area contributed by atoms with Gasteiger partial charge in [0.25, 0.3) is 5.91 Å². The lowest BCUT2D eigenvalue weighted by Crippen LogP contribution is -2.16. The summed E-state index contributed by atoms with van der Waals surface area (Å²) in [4.78, 5) is 17.5. The molecule has 2 heterocycles. The number of primary sulfonamides is 1. The Hall–Kier alpha value is -3.52. The third kappa shape index (κ3) is 3.94. The molecule has 10 heteroatoms. The lowest BCUT2D eigenvalue weighted by Gasteiger charge is -2.04. The highest BCUT2D eigenvalue weighted by atomic mass is 32.2. The van der Waals surface area contributed by atoms with E-state index in [9.17, 15) is 13.2 Å². The fraction of sp³-hybridized carbons (Fsp3) is 0.0952. The monoisotopic (exact) mass is 451 g/mol. The number of fused-ring (bicyclic) bond motifs is 1. The van der Waals surface area contributed by atoms with Crippen LogP contribution in [-0.2, 0) is 16.6 Å². The van der Waals surface area contributed by atoms with Gasteiger partial charge >= 0.3 is 0 Å². The van der Waals surface area contributed by atoms with Crippen LogP contribution in [0, 0.1) is 19.3 Å². The number of rotatable bonds is 4. The Morgan fingerprint density at radius 2 is 2.00 bits per heavy atom. The minimum absolute atomic E-state index is 0.0213. The van der Waals surface area contributed by atoms with Gasteiger partial charge in [0.05, 0.1) is 44.8 Å². The summed E-state index contributed by atoms with van der Waals surface area (Å²) in [6, 6.07) is 13.9. The highest BCUT2D eigenvalue weighted by Gasteiger charge is 2.17. The highest BCUT2D eigenvalue weighted by Crippen LogP contribution is 2.22. The molecule has 4 aromatic rings. The zero-order valence-corrected chi connectivity index (χ0v) is 18.0. The van der Waals surface area contributed by atoms with E-state index in [1.54, 1.807) is 22.2 Å². The summed E-state index contributed by atoms with van der Waals surface area (Å²) >= 11 is 1.16. The van der Waals surface area contributed by atoms with Crippen molar-refractivity contribution in [1.82, 2.24) is 14.3 Å². The van der Waals surface area contributed by atoms with Crippen molar-refractivity contribution in [3.8, 4) is 18.0 Å². The molecule has 0 unspecified atom stereocenters. The zero-order valence-electron chi connectivity index (χ0n) is 16.4. The van der Waals surface area contributed by atoms with Crippen LogP contribution < -0.4 is 9.94 Å². The molecule has 0 saturated heterocycles. The Morgan fingerprint density at radius 3 is 2.68 bits per heavy atom. The van der Waals surface area contributed by atoms with Gasteiger partial charge in [-0.25, -0.2) is 18.2 Å². The summed E-state index contributed by atoms with van der Waals surface area (Å²) < 4.78 is 27.3. The number of sulfonamides is 1. The number of amides is 1. The number of para-hydroxylation sites is 1. The number of nitrogens with zero attached hydrogens (tertiary/aromatic N) is 4. The molecule has 0 atom stereocenters. The Labute approximate surface area is 182 Å². The van der Waals surface area contributed by atoms with Crippen LogP contribution in [0.1, 0.15) is 16.1 Å². The van der Waals surface area contributed by atoms with Crippen molar-refractivity contribution in [3.63, 3.8) is 0 Å². The highest BCUT2D eigenvalue weighted by molar-refractivity contribution is 7.89. The summed E-state index contributed by atoms with van der Waals surface area (Å²) in [5, 5.41) is 9.53. The molecule has 2 N–H and O–H groups in total. The molecule has 0 spiro atoms. The molecule has 2 aromatic carbocycles. The number of thiazole rings is 1. The van der Waals surface area contributed by atoms with Crippen molar-refractivity contribution in [2.24, 2.45) is 10.1 Å². The van der Waals surface area contributed by atoms with E-state index in [-0.39, 0.29) is 11.4 Å². The molecule has 0 saturated carbocycles. The summed E-state index contributed by atoms with van der Waals surface area (Å²) in [5.41, 5.74) is 2.51. The minimum Gasteiger partial charge on any atom is -0.305 e. The number of carbonyl (C=O) groups excluding carboxylic acids is 1. The molecule has 31 heavy (non-hydrogen) atoms. The second-order valence-corrected chi connectivity index (χ2v) is 9.23. The van der Waals surface area contributed by atoms with E-state index in [1.165, 1.54) is 18.3 Å². The summed E-state index contributed by atoms with van der Waals surface area (Å²) in [6.45, 7) is 1.96. The van der Waals surface area contributed by atoms with Gasteiger partial charge in [0.15, 0.2) is 4.80 Å². The first-order valence-corrected chi connectivity index (χ1v) is 11.4. The standard InChI is InChI=1S/C21H17N5O3S2/c1-3-11-25-18-10-9-16(31(22,28)29)12-19(18)30-21(25)24-20(27)17-13-23-26(14(17)2)15-7-5-4-6-8-15/h1,4-10,12-13H,11H2,2H3,(H2,22,28,29). The fourth-order valence-electron chi connectivity index (χ4n) is 3.16. The van der Waals surface area contributed by atoms with Crippen molar-refractivity contribution in [3.05, 3.63) is 70.8 Å². The number of benzene rings is 2. The van der Waals surface area contributed by atoms with Gasteiger partial charge in [-0.2, -0.15) is 10.1 Å². The van der Waals surface area contributed by atoms with E-state index < -0.39 is 15.9 Å². The zero-order chi connectivity index (χ0) is 22.2. The molecule has 0 aliphatic carbocycles. The van der Waals surface area contributed by atoms with Gasteiger partial charge in [-0.3, -0.25) is 4.79 Å². The van der Waals surface area contributed by atoms with Gasteiger partial charge in [0, 0.05) is 0 Å². The molecule has 0 aliphatic rings. The van der Waals surface area contributed by atoms with E-state index in [2.05, 4.69) is 16.0 Å². The molecular formula is C21H17N5O3S2. The van der Waals surface area contributed by atoms with Crippen LogP contribution in [-0.4, -0.2) is 28.7 Å². The van der Waals surface area contributed by atoms with Crippen molar-refractivity contribution in [2.75, 3.05) is 0 Å². The van der Waals surface area contributed by atoms with E-state index in [0.717, 1.165) is 17.0 Å². The van der Waals surface area contributed by atoms with Gasteiger partial charge in [0.2, 0.25) is 10.0 Å². The number of carbonyl (C=O) groups is 1. The molecule has 8 nitrogen and oxygen atoms in total. The van der Waals surface area contributed by atoms with Gasteiger partial charge in [-0.15, -0.1) is 6.42 Å². The number of aromatic nitrogens is 3. The van der Waals surface area contributed by atoms with Crippen molar-refractivity contribution < 1.29 is 13.2 Å². The summed E-state index contributed by atoms with van der Waals surface area (Å²) in [5.74, 6) is 2.07. The quantitative estimate of drug-likeness (QED) is 0.479. The molecule has 0 fully saturated rings. The van der Waals surface area contributed by atoms with Gasteiger partial charge in [0.1, 0.15) is 0 Å². The Morgan fingerprint density at radius 1 is 1.26 bits per heavy atom. The van der Waals surface area contributed by atoms with Gasteiger partial charge < -0.3 is 4.57 Å². The molecule has 4 rings (SSSR count). The predicted octanol–water partition coefficient (Wildman–Crippen LogP) is 2.22. The largest absolute Gasteiger partial charge is 0.305 e. The van der Waals surface area contributed by atoms with Crippen LogP contribution in [0.3, 0.4) is 0 Å². The first kappa shape index (κ1) is 20.7. The molecule has 0 bridgehead atoms. The Bertz CT molecular complexity index is 1520. The molecule has 0 aliphatic heterocycles. The number of hydrogen-bond donors (Lipinski definition) is 1. The molecule has 156 valence electrons.